The van der Waals surface area contributed by atoms with Crippen LogP contribution in [-0.2, 0) is 4.79 Å². The highest BCUT2D eigenvalue weighted by molar-refractivity contribution is 5.85. The third-order valence-corrected chi connectivity index (χ3v) is 3.84. The molecule has 1 fully saturated rings. The van der Waals surface area contributed by atoms with Crippen LogP contribution in [0.4, 0.5) is 0 Å². The number of halogens is 1. The SMILES string of the molecule is CC1CN(C(=O)C(C)n2nnc(-c3ccccc3)n2)CCN1.Cl. The van der Waals surface area contributed by atoms with Gasteiger partial charge in [-0.15, -0.1) is 22.6 Å². The van der Waals surface area contributed by atoms with Crippen molar-refractivity contribution in [3.05, 3.63) is 30.3 Å². The first kappa shape index (κ1) is 17.4. The number of hydrogen-bond acceptors (Lipinski definition) is 5. The number of nitrogens with zero attached hydrogens (tertiary/aromatic N) is 5. The third-order valence-electron chi connectivity index (χ3n) is 3.84. The number of aromatic nitrogens is 4. The molecule has 1 N–H and O–H groups in total. The van der Waals surface area contributed by atoms with Crippen LogP contribution in [0.15, 0.2) is 30.3 Å². The average molecular weight is 337 g/mol. The van der Waals surface area contributed by atoms with Crippen LogP contribution in [0.1, 0.15) is 19.9 Å². The highest BCUT2D eigenvalue weighted by atomic mass is 35.5. The van der Waals surface area contributed by atoms with Crippen LogP contribution in [0.5, 0.6) is 0 Å². The van der Waals surface area contributed by atoms with Gasteiger partial charge in [-0.05, 0) is 19.1 Å². The van der Waals surface area contributed by atoms with Crippen LogP contribution in [0, 0.1) is 0 Å². The third kappa shape index (κ3) is 3.86. The van der Waals surface area contributed by atoms with E-state index >= 15 is 0 Å². The molecule has 0 radical (unpaired) electrons. The van der Waals surface area contributed by atoms with Gasteiger partial charge in [0.1, 0.15) is 6.04 Å². The van der Waals surface area contributed by atoms with Crippen molar-refractivity contribution in [2.75, 3.05) is 19.6 Å². The van der Waals surface area contributed by atoms with Crippen LogP contribution in [0.25, 0.3) is 11.4 Å². The first-order valence-electron chi connectivity index (χ1n) is 7.52. The number of nitrogens with one attached hydrogen (secondary N) is 1. The highest BCUT2D eigenvalue weighted by Gasteiger charge is 2.27. The molecule has 1 saturated heterocycles. The van der Waals surface area contributed by atoms with Gasteiger partial charge in [0.25, 0.3) is 0 Å². The number of piperazine rings is 1. The molecule has 2 atom stereocenters. The number of rotatable bonds is 3. The lowest BCUT2D eigenvalue weighted by molar-refractivity contribution is -0.136. The van der Waals surface area contributed by atoms with E-state index < -0.39 is 6.04 Å². The number of carbonyl (C=O) groups is 1. The average Bonchev–Trinajstić information content (AvgIpc) is 3.04. The molecule has 2 heterocycles. The van der Waals surface area contributed by atoms with Gasteiger partial charge in [0, 0.05) is 31.2 Å². The molecule has 1 aromatic carbocycles. The lowest BCUT2D eigenvalue weighted by atomic mass is 10.2. The summed E-state index contributed by atoms with van der Waals surface area (Å²) in [6.45, 7) is 6.13. The molecule has 7 nitrogen and oxygen atoms in total. The number of tetrazole rings is 1. The number of hydrogen-bond donors (Lipinski definition) is 1. The topological polar surface area (TPSA) is 75.9 Å². The predicted molar refractivity (Wildman–Crippen MR) is 89.3 cm³/mol. The lowest BCUT2D eigenvalue weighted by Gasteiger charge is -2.33. The van der Waals surface area contributed by atoms with Crippen molar-refractivity contribution < 1.29 is 4.79 Å². The van der Waals surface area contributed by atoms with Crippen molar-refractivity contribution in [2.24, 2.45) is 0 Å². The van der Waals surface area contributed by atoms with E-state index in [-0.39, 0.29) is 18.3 Å². The normalized spacial score (nSPS) is 19.0. The van der Waals surface area contributed by atoms with E-state index in [1.165, 1.54) is 4.80 Å². The standard InChI is InChI=1S/C15H20N6O.ClH/c1-11-10-20(9-8-16-11)15(22)12(2)21-18-14(17-19-21)13-6-4-3-5-7-13;/h3-7,11-12,16H,8-10H2,1-2H3;1H. The van der Waals surface area contributed by atoms with E-state index in [4.69, 9.17) is 0 Å². The van der Waals surface area contributed by atoms with Crippen LogP contribution in [-0.4, -0.2) is 56.7 Å². The van der Waals surface area contributed by atoms with E-state index in [0.29, 0.717) is 25.0 Å². The largest absolute Gasteiger partial charge is 0.338 e. The smallest absolute Gasteiger partial charge is 0.249 e. The predicted octanol–water partition coefficient (Wildman–Crippen LogP) is 1.14. The molecule has 1 aliphatic rings. The Morgan fingerprint density at radius 3 is 2.78 bits per heavy atom. The molecule has 1 aromatic heterocycles. The summed E-state index contributed by atoms with van der Waals surface area (Å²) in [5.74, 6) is 0.569. The molecule has 124 valence electrons. The molecular weight excluding hydrogens is 316 g/mol. The molecule has 8 heteroatoms. The number of amides is 1. The van der Waals surface area contributed by atoms with E-state index in [1.54, 1.807) is 0 Å². The van der Waals surface area contributed by atoms with Gasteiger partial charge in [-0.1, -0.05) is 30.3 Å². The quantitative estimate of drug-likeness (QED) is 0.909. The Labute approximate surface area is 141 Å². The minimum absolute atomic E-state index is 0. The van der Waals surface area contributed by atoms with Crippen LogP contribution in [0.2, 0.25) is 0 Å². The van der Waals surface area contributed by atoms with E-state index in [1.807, 2.05) is 42.2 Å². The molecule has 3 rings (SSSR count). The van der Waals surface area contributed by atoms with Gasteiger partial charge in [-0.2, -0.15) is 4.80 Å². The summed E-state index contributed by atoms with van der Waals surface area (Å²) in [6, 6.07) is 9.49. The second kappa shape index (κ2) is 7.52. The molecule has 2 unspecified atom stereocenters. The molecule has 2 aromatic rings. The Kier molecular flexibility index (Phi) is 5.68. The van der Waals surface area contributed by atoms with E-state index in [2.05, 4.69) is 27.7 Å². The molecule has 0 bridgehead atoms. The minimum Gasteiger partial charge on any atom is -0.338 e. The zero-order valence-electron chi connectivity index (χ0n) is 13.2. The summed E-state index contributed by atoms with van der Waals surface area (Å²) in [7, 11) is 0. The molecule has 0 aliphatic carbocycles. The zero-order valence-corrected chi connectivity index (χ0v) is 14.0. The summed E-state index contributed by atoms with van der Waals surface area (Å²) in [4.78, 5) is 15.8. The van der Waals surface area contributed by atoms with Gasteiger partial charge in [0.15, 0.2) is 0 Å². The van der Waals surface area contributed by atoms with Crippen molar-refractivity contribution in [3.63, 3.8) is 0 Å². The fourth-order valence-electron chi connectivity index (χ4n) is 2.59. The molecule has 0 saturated carbocycles. The monoisotopic (exact) mass is 336 g/mol. The second-order valence-corrected chi connectivity index (χ2v) is 5.61. The van der Waals surface area contributed by atoms with Crippen molar-refractivity contribution in [1.29, 1.82) is 0 Å². The maximum Gasteiger partial charge on any atom is 0.249 e. The van der Waals surface area contributed by atoms with Crippen molar-refractivity contribution >= 4 is 18.3 Å². The second-order valence-electron chi connectivity index (χ2n) is 5.61. The maximum atomic E-state index is 12.6. The fourth-order valence-corrected chi connectivity index (χ4v) is 2.59. The summed E-state index contributed by atoms with van der Waals surface area (Å²) in [5.41, 5.74) is 0.893. The Bertz CT molecular complexity index is 646. The number of carbonyl (C=O) groups excluding carboxylic acids is 1. The van der Waals surface area contributed by atoms with E-state index in [9.17, 15) is 4.79 Å². The fraction of sp³-hybridized carbons (Fsp3) is 0.467. The molecule has 23 heavy (non-hydrogen) atoms. The summed E-state index contributed by atoms with van der Waals surface area (Å²) < 4.78 is 0. The minimum atomic E-state index is -0.449. The summed E-state index contributed by atoms with van der Waals surface area (Å²) >= 11 is 0. The Morgan fingerprint density at radius 1 is 1.35 bits per heavy atom. The highest BCUT2D eigenvalue weighted by Crippen LogP contribution is 2.15. The molecular formula is C15H21ClN6O. The van der Waals surface area contributed by atoms with Gasteiger partial charge >= 0.3 is 0 Å². The zero-order chi connectivity index (χ0) is 15.5. The van der Waals surface area contributed by atoms with Crippen molar-refractivity contribution in [1.82, 2.24) is 30.4 Å². The first-order chi connectivity index (χ1) is 10.6. The van der Waals surface area contributed by atoms with Gasteiger partial charge in [0.05, 0.1) is 0 Å². The summed E-state index contributed by atoms with van der Waals surface area (Å²) in [5, 5.41) is 15.8. The molecule has 0 spiro atoms. The van der Waals surface area contributed by atoms with Gasteiger partial charge in [-0.25, -0.2) is 0 Å². The van der Waals surface area contributed by atoms with Gasteiger partial charge < -0.3 is 10.2 Å². The van der Waals surface area contributed by atoms with Gasteiger partial charge in [0.2, 0.25) is 11.7 Å². The van der Waals surface area contributed by atoms with E-state index in [0.717, 1.165) is 12.1 Å². The number of benzene rings is 1. The van der Waals surface area contributed by atoms with Crippen LogP contribution in [0.3, 0.4) is 0 Å². The van der Waals surface area contributed by atoms with Crippen LogP contribution < -0.4 is 5.32 Å². The van der Waals surface area contributed by atoms with Crippen molar-refractivity contribution in [2.45, 2.75) is 25.9 Å². The van der Waals surface area contributed by atoms with Crippen LogP contribution >= 0.6 is 12.4 Å². The van der Waals surface area contributed by atoms with Crippen molar-refractivity contribution in [3.8, 4) is 11.4 Å². The summed E-state index contributed by atoms with van der Waals surface area (Å²) in [6.07, 6.45) is 0. The Balaban J connectivity index is 0.00000192. The first-order valence-corrected chi connectivity index (χ1v) is 7.52. The molecule has 1 amide bonds. The maximum absolute atomic E-state index is 12.6. The molecule has 1 aliphatic heterocycles. The lowest BCUT2D eigenvalue weighted by Crippen LogP contribution is -2.52. The van der Waals surface area contributed by atoms with Gasteiger partial charge in [-0.3, -0.25) is 4.79 Å². The Morgan fingerprint density at radius 2 is 2.09 bits per heavy atom. The Hall–Kier alpha value is -1.99.